The number of carboxylic acid groups (broad SMARTS) is 1. The van der Waals surface area contributed by atoms with Gasteiger partial charge in [-0.05, 0) is 25.7 Å². The normalized spacial score (nSPS) is 23.9. The summed E-state index contributed by atoms with van der Waals surface area (Å²) in [5.74, 6) is -1.93. The molecule has 0 aromatic heterocycles. The molecule has 0 radical (unpaired) electrons. The molecule has 18 heavy (non-hydrogen) atoms. The lowest BCUT2D eigenvalue weighted by Crippen LogP contribution is -2.55. The summed E-state index contributed by atoms with van der Waals surface area (Å²) >= 11 is 0. The van der Waals surface area contributed by atoms with Gasteiger partial charge in [-0.2, -0.15) is 0 Å². The fourth-order valence-corrected chi connectivity index (χ4v) is 2.25. The van der Waals surface area contributed by atoms with Crippen LogP contribution in [0.3, 0.4) is 0 Å². The largest absolute Gasteiger partial charge is 0.481 e. The number of nitrogens with one attached hydrogen (secondary N) is 1. The van der Waals surface area contributed by atoms with Gasteiger partial charge in [0, 0.05) is 5.92 Å². The van der Waals surface area contributed by atoms with Crippen LogP contribution in [0.1, 0.15) is 32.6 Å². The van der Waals surface area contributed by atoms with E-state index >= 15 is 0 Å². The van der Waals surface area contributed by atoms with Crippen molar-refractivity contribution in [2.24, 2.45) is 11.8 Å². The Morgan fingerprint density at radius 3 is 2.17 bits per heavy atom. The molecule has 6 nitrogen and oxygen atoms in total. The maximum Gasteiger partial charge on any atom is 0.306 e. The summed E-state index contributed by atoms with van der Waals surface area (Å²) < 4.78 is 0. The van der Waals surface area contributed by atoms with Gasteiger partial charge in [0.2, 0.25) is 5.91 Å². The fourth-order valence-electron chi connectivity index (χ4n) is 2.25. The van der Waals surface area contributed by atoms with Crippen LogP contribution < -0.4 is 5.32 Å². The van der Waals surface area contributed by atoms with Gasteiger partial charge in [-0.3, -0.25) is 9.59 Å². The van der Waals surface area contributed by atoms with E-state index in [9.17, 15) is 19.8 Å². The summed E-state index contributed by atoms with van der Waals surface area (Å²) in [6, 6.07) is 0. The molecule has 2 atom stereocenters. The number of aliphatic hydroxyl groups excluding tert-OH is 2. The van der Waals surface area contributed by atoms with Crippen molar-refractivity contribution in [3.8, 4) is 0 Å². The number of hydrogen-bond acceptors (Lipinski definition) is 4. The number of hydrogen-bond donors (Lipinski definition) is 4. The molecule has 0 spiro atoms. The van der Waals surface area contributed by atoms with E-state index < -0.39 is 17.4 Å². The standard InChI is InChI=1S/C12H21NO5/c1-2-12(6-14,7-15)13-10(16)8-3-4-9(5-8)11(17)18/h8-9,14-15H,2-7H2,1H3,(H,13,16)(H,17,18)/t8-,9+/m1/s1. The molecule has 0 aromatic carbocycles. The molecule has 0 aliphatic heterocycles. The molecule has 0 aromatic rings. The summed E-state index contributed by atoms with van der Waals surface area (Å²) in [5.41, 5.74) is -1.00. The topological polar surface area (TPSA) is 107 Å². The smallest absolute Gasteiger partial charge is 0.306 e. The second-order valence-electron chi connectivity index (χ2n) is 4.98. The van der Waals surface area contributed by atoms with Crippen LogP contribution in [0.25, 0.3) is 0 Å². The highest BCUT2D eigenvalue weighted by molar-refractivity contribution is 5.81. The van der Waals surface area contributed by atoms with E-state index in [1.165, 1.54) is 0 Å². The van der Waals surface area contributed by atoms with Crippen molar-refractivity contribution in [2.45, 2.75) is 38.1 Å². The van der Waals surface area contributed by atoms with Gasteiger partial charge in [0.05, 0.1) is 24.7 Å². The summed E-state index contributed by atoms with van der Waals surface area (Å²) in [7, 11) is 0. The number of carbonyl (C=O) groups excluding carboxylic acids is 1. The predicted octanol–water partition coefficient (Wildman–Crippen LogP) is -0.263. The first kappa shape index (κ1) is 14.9. The molecule has 6 heteroatoms. The number of aliphatic carboxylic acids is 1. The Morgan fingerprint density at radius 2 is 1.78 bits per heavy atom. The molecule has 4 N–H and O–H groups in total. The van der Waals surface area contributed by atoms with E-state index in [0.717, 1.165) is 0 Å². The van der Waals surface area contributed by atoms with Gasteiger partial charge in [-0.25, -0.2) is 0 Å². The zero-order valence-corrected chi connectivity index (χ0v) is 10.6. The molecule has 0 saturated heterocycles. The molecule has 1 aliphatic rings. The zero-order chi connectivity index (χ0) is 13.8. The minimum atomic E-state index is -1.00. The van der Waals surface area contributed by atoms with Crippen molar-refractivity contribution in [3.05, 3.63) is 0 Å². The van der Waals surface area contributed by atoms with Crippen LogP contribution in [-0.4, -0.2) is 45.9 Å². The van der Waals surface area contributed by atoms with Gasteiger partial charge in [-0.1, -0.05) is 6.92 Å². The zero-order valence-electron chi connectivity index (χ0n) is 10.6. The third-order valence-electron chi connectivity index (χ3n) is 3.82. The fraction of sp³-hybridized carbons (Fsp3) is 0.833. The van der Waals surface area contributed by atoms with Crippen LogP contribution in [-0.2, 0) is 9.59 Å². The molecule has 1 fully saturated rings. The number of rotatable bonds is 6. The molecular formula is C12H21NO5. The first-order valence-electron chi connectivity index (χ1n) is 6.24. The van der Waals surface area contributed by atoms with Gasteiger partial charge in [-0.15, -0.1) is 0 Å². The Labute approximate surface area is 106 Å². The van der Waals surface area contributed by atoms with E-state index in [1.54, 1.807) is 6.92 Å². The molecule has 1 saturated carbocycles. The van der Waals surface area contributed by atoms with Crippen LogP contribution in [0.4, 0.5) is 0 Å². The first-order valence-corrected chi connectivity index (χ1v) is 6.24. The lowest BCUT2D eigenvalue weighted by molar-refractivity contribution is -0.141. The number of aliphatic hydroxyl groups is 2. The van der Waals surface area contributed by atoms with Gasteiger partial charge in [0.15, 0.2) is 0 Å². The molecular weight excluding hydrogens is 238 g/mol. The molecule has 1 aliphatic carbocycles. The summed E-state index contributed by atoms with van der Waals surface area (Å²) in [5, 5.41) is 30.0. The minimum Gasteiger partial charge on any atom is -0.481 e. The second kappa shape index (κ2) is 6.15. The molecule has 104 valence electrons. The lowest BCUT2D eigenvalue weighted by atomic mass is 9.96. The van der Waals surface area contributed by atoms with Crippen molar-refractivity contribution >= 4 is 11.9 Å². The molecule has 0 bridgehead atoms. The van der Waals surface area contributed by atoms with Crippen molar-refractivity contribution in [1.82, 2.24) is 5.32 Å². The van der Waals surface area contributed by atoms with Crippen LogP contribution in [0.5, 0.6) is 0 Å². The summed E-state index contributed by atoms with van der Waals surface area (Å²) in [6.07, 6.45) is 1.79. The Bertz CT molecular complexity index is 305. The Kier molecular flexibility index (Phi) is 5.10. The maximum atomic E-state index is 12.0. The van der Waals surface area contributed by atoms with Crippen LogP contribution in [0, 0.1) is 11.8 Å². The van der Waals surface area contributed by atoms with Crippen molar-refractivity contribution in [1.29, 1.82) is 0 Å². The highest BCUT2D eigenvalue weighted by Crippen LogP contribution is 2.31. The predicted molar refractivity (Wildman–Crippen MR) is 63.8 cm³/mol. The average molecular weight is 259 g/mol. The average Bonchev–Trinajstić information content (AvgIpc) is 2.86. The Hall–Kier alpha value is -1.14. The van der Waals surface area contributed by atoms with Crippen molar-refractivity contribution in [2.75, 3.05) is 13.2 Å². The van der Waals surface area contributed by atoms with Crippen LogP contribution >= 0.6 is 0 Å². The minimum absolute atomic E-state index is 0.274. The second-order valence-corrected chi connectivity index (χ2v) is 4.98. The van der Waals surface area contributed by atoms with E-state index in [4.69, 9.17) is 5.11 Å². The van der Waals surface area contributed by atoms with Crippen LogP contribution in [0.15, 0.2) is 0 Å². The van der Waals surface area contributed by atoms with E-state index in [2.05, 4.69) is 5.32 Å². The van der Waals surface area contributed by atoms with Crippen LogP contribution in [0.2, 0.25) is 0 Å². The van der Waals surface area contributed by atoms with Gasteiger partial charge < -0.3 is 20.6 Å². The molecule has 0 heterocycles. The highest BCUT2D eigenvalue weighted by Gasteiger charge is 2.37. The number of carboxylic acids is 1. The quantitative estimate of drug-likeness (QED) is 0.525. The van der Waals surface area contributed by atoms with E-state index in [-0.39, 0.29) is 25.0 Å². The monoisotopic (exact) mass is 259 g/mol. The summed E-state index contributed by atoms with van der Waals surface area (Å²) in [6.45, 7) is 1.10. The Morgan fingerprint density at radius 1 is 1.22 bits per heavy atom. The van der Waals surface area contributed by atoms with Crippen molar-refractivity contribution in [3.63, 3.8) is 0 Å². The van der Waals surface area contributed by atoms with Crippen molar-refractivity contribution < 1.29 is 24.9 Å². The third-order valence-corrected chi connectivity index (χ3v) is 3.82. The SMILES string of the molecule is CCC(CO)(CO)NC(=O)[C@@H]1CC[C@H](C(=O)O)C1. The Balaban J connectivity index is 2.58. The van der Waals surface area contributed by atoms with Gasteiger partial charge in [0.25, 0.3) is 0 Å². The summed E-state index contributed by atoms with van der Waals surface area (Å²) in [4.78, 5) is 22.8. The maximum absolute atomic E-state index is 12.0. The van der Waals surface area contributed by atoms with E-state index in [0.29, 0.717) is 25.7 Å². The number of carbonyl (C=O) groups is 2. The number of amides is 1. The highest BCUT2D eigenvalue weighted by atomic mass is 16.4. The van der Waals surface area contributed by atoms with E-state index in [1.807, 2.05) is 0 Å². The third kappa shape index (κ3) is 3.20. The van der Waals surface area contributed by atoms with Gasteiger partial charge >= 0.3 is 5.97 Å². The molecule has 0 unspecified atom stereocenters. The molecule has 1 rings (SSSR count). The lowest BCUT2D eigenvalue weighted by Gasteiger charge is -2.31. The molecule has 1 amide bonds. The van der Waals surface area contributed by atoms with Gasteiger partial charge in [0.1, 0.15) is 0 Å². The first-order chi connectivity index (χ1) is 8.48.